The lowest BCUT2D eigenvalue weighted by Crippen LogP contribution is -2.56. The summed E-state index contributed by atoms with van der Waals surface area (Å²) < 4.78 is 32.5. The summed E-state index contributed by atoms with van der Waals surface area (Å²) in [5.41, 5.74) is 0.325. The molecule has 0 saturated carbocycles. The van der Waals surface area contributed by atoms with Gasteiger partial charge in [0.05, 0.1) is 18.7 Å². The van der Waals surface area contributed by atoms with Gasteiger partial charge in [0.25, 0.3) is 5.91 Å². The number of aliphatic hydroxyl groups excluding tert-OH is 1. The molecule has 31 heavy (non-hydrogen) atoms. The number of carbonyl (C=O) groups is 2. The van der Waals surface area contributed by atoms with E-state index in [4.69, 9.17) is 4.74 Å². The number of piperidine rings is 1. The second-order valence-electron chi connectivity index (χ2n) is 8.32. The number of rotatable bonds is 9. The van der Waals surface area contributed by atoms with Crippen LogP contribution in [0, 0.1) is 11.6 Å². The first-order valence-electron chi connectivity index (χ1n) is 11.0. The topological polar surface area (TPSA) is 90.9 Å². The molecule has 0 aromatic heterocycles. The number of amides is 2. The fourth-order valence-corrected chi connectivity index (χ4v) is 4.14. The predicted molar refractivity (Wildman–Crippen MR) is 110 cm³/mol. The minimum absolute atomic E-state index is 0.0416. The SMILES string of the molecule is CCCCN1CC(C(=O)N[C@@H](Cc2cc(F)cc(F)c2)[C@H](O)[C@H]2CCCCN2)OC1=O. The van der Waals surface area contributed by atoms with Crippen LogP contribution >= 0.6 is 0 Å². The van der Waals surface area contributed by atoms with Crippen LogP contribution in [0.25, 0.3) is 0 Å². The first-order valence-corrected chi connectivity index (χ1v) is 11.0. The Labute approximate surface area is 181 Å². The molecule has 2 aliphatic heterocycles. The van der Waals surface area contributed by atoms with Gasteiger partial charge in [-0.05, 0) is 49.9 Å². The third-order valence-corrected chi connectivity index (χ3v) is 5.84. The van der Waals surface area contributed by atoms with Gasteiger partial charge in [-0.2, -0.15) is 0 Å². The molecule has 1 aromatic rings. The van der Waals surface area contributed by atoms with E-state index in [1.807, 2.05) is 6.92 Å². The fourth-order valence-electron chi connectivity index (χ4n) is 4.14. The fraction of sp³-hybridized carbons (Fsp3) is 0.636. The Morgan fingerprint density at radius 1 is 1.32 bits per heavy atom. The Kier molecular flexibility index (Phi) is 8.20. The zero-order chi connectivity index (χ0) is 22.4. The van der Waals surface area contributed by atoms with Gasteiger partial charge in [0.2, 0.25) is 0 Å². The van der Waals surface area contributed by atoms with Crippen LogP contribution in [-0.4, -0.2) is 65.9 Å². The summed E-state index contributed by atoms with van der Waals surface area (Å²) in [4.78, 5) is 26.3. The molecule has 2 fully saturated rings. The van der Waals surface area contributed by atoms with Gasteiger partial charge in [0.15, 0.2) is 6.10 Å². The van der Waals surface area contributed by atoms with Gasteiger partial charge in [0.1, 0.15) is 11.6 Å². The van der Waals surface area contributed by atoms with Crippen LogP contribution in [0.5, 0.6) is 0 Å². The summed E-state index contributed by atoms with van der Waals surface area (Å²) in [7, 11) is 0. The Morgan fingerprint density at radius 2 is 2.06 bits per heavy atom. The van der Waals surface area contributed by atoms with Crippen molar-refractivity contribution in [3.05, 3.63) is 35.4 Å². The highest BCUT2D eigenvalue weighted by Gasteiger charge is 2.38. The monoisotopic (exact) mass is 439 g/mol. The van der Waals surface area contributed by atoms with Gasteiger partial charge < -0.3 is 25.4 Å². The number of benzene rings is 1. The van der Waals surface area contributed by atoms with Crippen molar-refractivity contribution in [2.75, 3.05) is 19.6 Å². The van der Waals surface area contributed by atoms with Crippen molar-refractivity contribution in [2.24, 2.45) is 0 Å². The lowest BCUT2D eigenvalue weighted by atomic mass is 9.91. The third kappa shape index (κ3) is 6.36. The molecular formula is C22H31F2N3O4. The van der Waals surface area contributed by atoms with E-state index in [-0.39, 0.29) is 19.0 Å². The minimum Gasteiger partial charge on any atom is -0.434 e. The highest BCUT2D eigenvalue weighted by Crippen LogP contribution is 2.19. The molecular weight excluding hydrogens is 408 g/mol. The number of carbonyl (C=O) groups excluding carboxylic acids is 2. The summed E-state index contributed by atoms with van der Waals surface area (Å²) >= 11 is 0. The molecule has 0 spiro atoms. The third-order valence-electron chi connectivity index (χ3n) is 5.84. The predicted octanol–water partition coefficient (Wildman–Crippen LogP) is 2.12. The van der Waals surface area contributed by atoms with Crippen LogP contribution in [0.2, 0.25) is 0 Å². The van der Waals surface area contributed by atoms with Crippen molar-refractivity contribution >= 4 is 12.0 Å². The number of cyclic esters (lactones) is 1. The number of nitrogens with zero attached hydrogens (tertiary/aromatic N) is 1. The molecule has 3 rings (SSSR count). The van der Waals surface area contributed by atoms with Gasteiger partial charge in [-0.25, -0.2) is 13.6 Å². The molecule has 9 heteroatoms. The van der Waals surface area contributed by atoms with Crippen LogP contribution in [0.3, 0.4) is 0 Å². The van der Waals surface area contributed by atoms with E-state index in [0.717, 1.165) is 44.7 Å². The maximum absolute atomic E-state index is 13.7. The highest BCUT2D eigenvalue weighted by molar-refractivity contribution is 5.86. The second-order valence-corrected chi connectivity index (χ2v) is 8.32. The van der Waals surface area contributed by atoms with Gasteiger partial charge in [-0.15, -0.1) is 0 Å². The lowest BCUT2D eigenvalue weighted by Gasteiger charge is -2.34. The summed E-state index contributed by atoms with van der Waals surface area (Å²) in [5, 5.41) is 17.0. The molecule has 4 atom stereocenters. The van der Waals surface area contributed by atoms with E-state index < -0.39 is 41.9 Å². The van der Waals surface area contributed by atoms with Crippen LogP contribution < -0.4 is 10.6 Å². The molecule has 2 heterocycles. The minimum atomic E-state index is -0.984. The number of halogens is 2. The Hall–Kier alpha value is -2.26. The average Bonchev–Trinajstić information content (AvgIpc) is 3.11. The highest BCUT2D eigenvalue weighted by atomic mass is 19.1. The largest absolute Gasteiger partial charge is 0.434 e. The summed E-state index contributed by atoms with van der Waals surface area (Å²) in [6.45, 7) is 3.42. The molecule has 2 amide bonds. The van der Waals surface area contributed by atoms with Crippen molar-refractivity contribution in [3.8, 4) is 0 Å². The molecule has 2 saturated heterocycles. The van der Waals surface area contributed by atoms with Gasteiger partial charge in [-0.1, -0.05) is 19.8 Å². The number of unbranched alkanes of at least 4 members (excludes halogenated alkanes) is 1. The van der Waals surface area contributed by atoms with E-state index in [0.29, 0.717) is 12.1 Å². The zero-order valence-electron chi connectivity index (χ0n) is 17.8. The maximum Gasteiger partial charge on any atom is 0.410 e. The molecule has 3 N–H and O–H groups in total. The average molecular weight is 440 g/mol. The van der Waals surface area contributed by atoms with Crippen molar-refractivity contribution in [2.45, 2.75) is 69.7 Å². The molecule has 2 aliphatic rings. The molecule has 0 radical (unpaired) electrons. The zero-order valence-corrected chi connectivity index (χ0v) is 17.8. The van der Waals surface area contributed by atoms with Crippen molar-refractivity contribution < 1.29 is 28.2 Å². The standard InChI is InChI=1S/C22H31F2N3O4/c1-2-3-8-27-13-19(31-22(27)30)21(29)26-18(20(28)17-6-4-5-7-25-17)11-14-9-15(23)12-16(24)10-14/h9-10,12,17-20,25,28H,2-8,11,13H2,1H3,(H,26,29)/t17-,18+,19?,20-/m1/s1. The lowest BCUT2D eigenvalue weighted by molar-refractivity contribution is -0.129. The maximum atomic E-state index is 13.7. The number of ether oxygens (including phenoxy) is 1. The van der Waals surface area contributed by atoms with Crippen LogP contribution in [0.1, 0.15) is 44.6 Å². The molecule has 1 aromatic carbocycles. The number of nitrogens with one attached hydrogen (secondary N) is 2. The van der Waals surface area contributed by atoms with Gasteiger partial charge in [0, 0.05) is 18.7 Å². The first-order chi connectivity index (χ1) is 14.9. The number of hydrogen-bond acceptors (Lipinski definition) is 5. The Balaban J connectivity index is 1.71. The van der Waals surface area contributed by atoms with E-state index in [1.54, 1.807) is 0 Å². The summed E-state index contributed by atoms with van der Waals surface area (Å²) in [5.74, 6) is -1.97. The summed E-state index contributed by atoms with van der Waals surface area (Å²) in [6.07, 6.45) is 1.95. The van der Waals surface area contributed by atoms with Crippen molar-refractivity contribution in [1.29, 1.82) is 0 Å². The van der Waals surface area contributed by atoms with Gasteiger partial charge in [-0.3, -0.25) is 4.79 Å². The summed E-state index contributed by atoms with van der Waals surface area (Å²) in [6, 6.07) is 2.10. The molecule has 172 valence electrons. The Morgan fingerprint density at radius 3 is 2.71 bits per heavy atom. The number of hydrogen-bond donors (Lipinski definition) is 3. The molecule has 7 nitrogen and oxygen atoms in total. The van der Waals surface area contributed by atoms with E-state index in [9.17, 15) is 23.5 Å². The normalized spacial score (nSPS) is 23.4. The van der Waals surface area contributed by atoms with E-state index in [2.05, 4.69) is 10.6 Å². The van der Waals surface area contributed by atoms with E-state index in [1.165, 1.54) is 17.0 Å². The Bertz CT molecular complexity index is 753. The van der Waals surface area contributed by atoms with E-state index >= 15 is 0 Å². The van der Waals surface area contributed by atoms with Crippen LogP contribution in [0.4, 0.5) is 13.6 Å². The quantitative estimate of drug-likeness (QED) is 0.548. The smallest absolute Gasteiger partial charge is 0.410 e. The molecule has 0 bridgehead atoms. The van der Waals surface area contributed by atoms with Crippen LogP contribution in [0.15, 0.2) is 18.2 Å². The molecule has 1 unspecified atom stereocenters. The second kappa shape index (κ2) is 10.9. The first kappa shape index (κ1) is 23.4. The van der Waals surface area contributed by atoms with Crippen molar-refractivity contribution in [3.63, 3.8) is 0 Å². The molecule has 0 aliphatic carbocycles. The van der Waals surface area contributed by atoms with Crippen molar-refractivity contribution in [1.82, 2.24) is 15.5 Å². The van der Waals surface area contributed by atoms with Crippen LogP contribution in [-0.2, 0) is 16.0 Å². The van der Waals surface area contributed by atoms with Gasteiger partial charge >= 0.3 is 6.09 Å². The number of aliphatic hydroxyl groups is 1.